The maximum atomic E-state index is 11.3. The number of nitrogens with one attached hydrogen (secondary N) is 1. The molecule has 0 unspecified atom stereocenters. The van der Waals surface area contributed by atoms with Gasteiger partial charge >= 0.3 is 6.16 Å². The van der Waals surface area contributed by atoms with E-state index in [1.165, 1.54) is 0 Å². The van der Waals surface area contributed by atoms with Gasteiger partial charge in [-0.15, -0.1) is 11.6 Å². The molecule has 0 saturated carbocycles. The molecule has 6 heteroatoms. The van der Waals surface area contributed by atoms with Crippen LogP contribution in [-0.2, 0) is 4.74 Å². The minimum atomic E-state index is -0.802. The summed E-state index contributed by atoms with van der Waals surface area (Å²) in [5.74, 6) is 0.559. The topological polar surface area (TPSA) is 47.6 Å². The Balaban J connectivity index is 2.41. The minimum Gasteiger partial charge on any atom is -0.428 e. The van der Waals surface area contributed by atoms with Crippen LogP contribution in [0.4, 0.5) is 4.79 Å². The largest absolute Gasteiger partial charge is 0.514 e. The summed E-state index contributed by atoms with van der Waals surface area (Å²) in [6, 6.07) is 8.62. The Morgan fingerprint density at radius 1 is 1.38 bits per heavy atom. The SMILES string of the molecule is O=C(Oc1ccccc1)O[C@H](CCl)CNCl. The first-order valence-electron chi connectivity index (χ1n) is 4.59. The number of hydrogen-bond acceptors (Lipinski definition) is 4. The lowest BCUT2D eigenvalue weighted by Crippen LogP contribution is -2.29. The Kier molecular flexibility index (Phi) is 6.00. The highest BCUT2D eigenvalue weighted by Crippen LogP contribution is 2.10. The summed E-state index contributed by atoms with van der Waals surface area (Å²) in [5.41, 5.74) is 0. The Labute approximate surface area is 104 Å². The van der Waals surface area contributed by atoms with Crippen LogP contribution in [0, 0.1) is 0 Å². The number of para-hydroxylation sites is 1. The van der Waals surface area contributed by atoms with E-state index in [1.54, 1.807) is 24.3 Å². The highest BCUT2D eigenvalue weighted by atomic mass is 35.5. The van der Waals surface area contributed by atoms with Crippen molar-refractivity contribution in [3.63, 3.8) is 0 Å². The Morgan fingerprint density at radius 3 is 2.62 bits per heavy atom. The first-order valence-corrected chi connectivity index (χ1v) is 5.50. The number of alkyl halides is 1. The lowest BCUT2D eigenvalue weighted by atomic mass is 10.3. The quantitative estimate of drug-likeness (QED) is 0.384. The molecule has 0 fully saturated rings. The van der Waals surface area contributed by atoms with E-state index >= 15 is 0 Å². The first kappa shape index (κ1) is 13.1. The second-order valence-corrected chi connectivity index (χ2v) is 3.47. The van der Waals surface area contributed by atoms with Gasteiger partial charge in [0.05, 0.1) is 5.88 Å². The second-order valence-electron chi connectivity index (χ2n) is 2.90. The van der Waals surface area contributed by atoms with Crippen LogP contribution in [0.2, 0.25) is 0 Å². The van der Waals surface area contributed by atoms with Gasteiger partial charge in [0.15, 0.2) is 0 Å². The van der Waals surface area contributed by atoms with Crippen LogP contribution >= 0.6 is 23.4 Å². The summed E-state index contributed by atoms with van der Waals surface area (Å²) in [6.07, 6.45) is -1.32. The smallest absolute Gasteiger partial charge is 0.428 e. The highest BCUT2D eigenvalue weighted by molar-refractivity contribution is 6.18. The van der Waals surface area contributed by atoms with Crippen molar-refractivity contribution in [3.05, 3.63) is 30.3 Å². The summed E-state index contributed by atoms with van der Waals surface area (Å²) in [5, 5.41) is 0. The molecule has 88 valence electrons. The van der Waals surface area contributed by atoms with Crippen molar-refractivity contribution < 1.29 is 14.3 Å². The van der Waals surface area contributed by atoms with E-state index in [0.29, 0.717) is 5.75 Å². The maximum Gasteiger partial charge on any atom is 0.514 e. The standard InChI is InChI=1S/C10H11Cl2NO3/c11-6-9(7-13-12)16-10(14)15-8-4-2-1-3-5-8/h1-5,9,13H,6-7H2/t9-/m1/s1. The molecule has 0 heterocycles. The van der Waals surface area contributed by atoms with Gasteiger partial charge in [-0.05, 0) is 23.9 Å². The fraction of sp³-hybridized carbons (Fsp3) is 0.300. The molecule has 0 aliphatic carbocycles. The van der Waals surface area contributed by atoms with Gasteiger partial charge in [-0.2, -0.15) is 0 Å². The number of rotatable bonds is 5. The van der Waals surface area contributed by atoms with E-state index < -0.39 is 12.3 Å². The van der Waals surface area contributed by atoms with E-state index in [2.05, 4.69) is 4.84 Å². The third-order valence-electron chi connectivity index (χ3n) is 1.68. The van der Waals surface area contributed by atoms with E-state index in [-0.39, 0.29) is 12.4 Å². The molecule has 0 saturated heterocycles. The lowest BCUT2D eigenvalue weighted by Gasteiger charge is -2.13. The summed E-state index contributed by atoms with van der Waals surface area (Å²) < 4.78 is 9.81. The van der Waals surface area contributed by atoms with Crippen molar-refractivity contribution in [2.24, 2.45) is 0 Å². The van der Waals surface area contributed by atoms with Gasteiger partial charge in [0, 0.05) is 6.54 Å². The van der Waals surface area contributed by atoms with Crippen molar-refractivity contribution in [1.29, 1.82) is 0 Å². The number of ether oxygens (including phenoxy) is 2. The molecule has 0 aromatic heterocycles. The van der Waals surface area contributed by atoms with Crippen LogP contribution in [0.25, 0.3) is 0 Å². The molecule has 0 spiro atoms. The molecule has 16 heavy (non-hydrogen) atoms. The van der Waals surface area contributed by atoms with Crippen molar-refractivity contribution in [2.45, 2.75) is 6.10 Å². The van der Waals surface area contributed by atoms with Crippen molar-refractivity contribution in [2.75, 3.05) is 12.4 Å². The summed E-state index contributed by atoms with van der Waals surface area (Å²) >= 11 is 10.8. The molecule has 4 nitrogen and oxygen atoms in total. The van der Waals surface area contributed by atoms with Gasteiger partial charge in [-0.3, -0.25) is 0 Å². The van der Waals surface area contributed by atoms with Gasteiger partial charge in [0.1, 0.15) is 11.9 Å². The van der Waals surface area contributed by atoms with Gasteiger partial charge < -0.3 is 9.47 Å². The predicted molar refractivity (Wildman–Crippen MR) is 61.9 cm³/mol. The number of benzene rings is 1. The third kappa shape index (κ3) is 4.70. The second kappa shape index (κ2) is 7.33. The van der Waals surface area contributed by atoms with Crippen LogP contribution in [0.15, 0.2) is 30.3 Å². The molecular weight excluding hydrogens is 253 g/mol. The molecule has 1 rings (SSSR count). The summed E-state index contributed by atoms with van der Waals surface area (Å²) in [7, 11) is 0. The van der Waals surface area contributed by atoms with Crippen molar-refractivity contribution >= 4 is 29.5 Å². The number of carbonyl (C=O) groups is 1. The summed E-state index contributed by atoms with van der Waals surface area (Å²) in [6.45, 7) is 0.259. The number of hydrogen-bond donors (Lipinski definition) is 1. The van der Waals surface area contributed by atoms with Crippen molar-refractivity contribution in [3.8, 4) is 5.75 Å². The van der Waals surface area contributed by atoms with E-state index in [4.69, 9.17) is 32.9 Å². The van der Waals surface area contributed by atoms with Crippen molar-refractivity contribution in [1.82, 2.24) is 4.84 Å². The maximum absolute atomic E-state index is 11.3. The normalized spacial score (nSPS) is 11.9. The minimum absolute atomic E-state index is 0.142. The molecule has 0 amide bonds. The van der Waals surface area contributed by atoms with Gasteiger partial charge in [0.2, 0.25) is 0 Å². The Hall–Kier alpha value is -0.970. The average Bonchev–Trinajstić information content (AvgIpc) is 2.29. The zero-order chi connectivity index (χ0) is 11.8. The zero-order valence-electron chi connectivity index (χ0n) is 8.36. The number of halogens is 2. The summed E-state index contributed by atoms with van der Waals surface area (Å²) in [4.78, 5) is 13.6. The average molecular weight is 264 g/mol. The van der Waals surface area contributed by atoms with Gasteiger partial charge in [-0.1, -0.05) is 18.2 Å². The fourth-order valence-corrected chi connectivity index (χ4v) is 1.30. The monoisotopic (exact) mass is 263 g/mol. The van der Waals surface area contributed by atoms with E-state index in [1.807, 2.05) is 6.07 Å². The molecule has 1 atom stereocenters. The molecule has 1 aromatic rings. The molecule has 0 aliphatic heterocycles. The van der Waals surface area contributed by atoms with Gasteiger partial charge in [-0.25, -0.2) is 9.63 Å². The van der Waals surface area contributed by atoms with Gasteiger partial charge in [0.25, 0.3) is 0 Å². The lowest BCUT2D eigenvalue weighted by molar-refractivity contribution is 0.0690. The highest BCUT2D eigenvalue weighted by Gasteiger charge is 2.14. The number of carbonyl (C=O) groups excluding carboxylic acids is 1. The zero-order valence-corrected chi connectivity index (χ0v) is 9.87. The molecule has 0 radical (unpaired) electrons. The molecule has 0 bridgehead atoms. The Morgan fingerprint density at radius 2 is 2.06 bits per heavy atom. The van der Waals surface area contributed by atoms with Crippen LogP contribution in [-0.4, -0.2) is 24.7 Å². The molecule has 1 N–H and O–H groups in total. The van der Waals surface area contributed by atoms with E-state index in [9.17, 15) is 4.79 Å². The Bertz CT molecular complexity index is 321. The van der Waals surface area contributed by atoms with Crippen LogP contribution < -0.4 is 9.57 Å². The predicted octanol–water partition coefficient (Wildman–Crippen LogP) is 2.55. The third-order valence-corrected chi connectivity index (χ3v) is 2.18. The van der Waals surface area contributed by atoms with E-state index in [0.717, 1.165) is 0 Å². The fourth-order valence-electron chi connectivity index (χ4n) is 0.959. The first-order chi connectivity index (χ1) is 7.76. The molecule has 0 aliphatic rings. The molecule has 1 aromatic carbocycles. The van der Waals surface area contributed by atoms with Crippen LogP contribution in [0.5, 0.6) is 5.75 Å². The molecular formula is C10H11Cl2NO3. The van der Waals surface area contributed by atoms with Crippen LogP contribution in [0.3, 0.4) is 0 Å². The van der Waals surface area contributed by atoms with Crippen LogP contribution in [0.1, 0.15) is 0 Å².